The normalized spacial score (nSPS) is 15.2. The smallest absolute Gasteiger partial charge is 0.264 e. The first-order chi connectivity index (χ1) is 13.4. The lowest BCUT2D eigenvalue weighted by atomic mass is 9.95. The molecule has 0 spiro atoms. The zero-order chi connectivity index (χ0) is 20.1. The van der Waals surface area contributed by atoms with Crippen LogP contribution in [0.3, 0.4) is 0 Å². The number of nitrogens with one attached hydrogen (secondary N) is 1. The summed E-state index contributed by atoms with van der Waals surface area (Å²) in [6, 6.07) is 12.6. The second-order valence-electron chi connectivity index (χ2n) is 6.85. The number of nitrogens with zero attached hydrogens (tertiary/aromatic N) is 1. The number of hydrogen-bond donors (Lipinski definition) is 1. The van der Waals surface area contributed by atoms with Crippen LogP contribution in [0.5, 0.6) is 0 Å². The number of carbonyl (C=O) groups is 1. The highest BCUT2D eigenvalue weighted by molar-refractivity contribution is 7.92. The molecule has 2 aromatic carbocycles. The molecule has 0 aliphatic heterocycles. The van der Waals surface area contributed by atoms with Gasteiger partial charge in [0, 0.05) is 16.1 Å². The van der Waals surface area contributed by atoms with Crippen LogP contribution in [0.4, 0.5) is 5.69 Å². The fraction of sp³-hybridized carbons (Fsp3) is 0.350. The molecule has 8 heteroatoms. The lowest BCUT2D eigenvalue weighted by Gasteiger charge is -2.27. The van der Waals surface area contributed by atoms with E-state index < -0.39 is 10.0 Å². The van der Waals surface area contributed by atoms with Crippen LogP contribution in [0.15, 0.2) is 53.4 Å². The maximum Gasteiger partial charge on any atom is 0.264 e. The summed E-state index contributed by atoms with van der Waals surface area (Å²) in [6.45, 7) is -0.343. The van der Waals surface area contributed by atoms with Gasteiger partial charge in [-0.15, -0.1) is 0 Å². The van der Waals surface area contributed by atoms with E-state index in [4.69, 9.17) is 23.2 Å². The summed E-state index contributed by atoms with van der Waals surface area (Å²) in [5.74, 6) is -0.345. The first-order valence-electron chi connectivity index (χ1n) is 9.19. The first kappa shape index (κ1) is 21.0. The molecule has 0 saturated heterocycles. The van der Waals surface area contributed by atoms with Gasteiger partial charge in [-0.05, 0) is 43.2 Å². The highest BCUT2D eigenvalue weighted by Gasteiger charge is 2.28. The van der Waals surface area contributed by atoms with Gasteiger partial charge >= 0.3 is 0 Å². The van der Waals surface area contributed by atoms with Crippen molar-refractivity contribution in [3.8, 4) is 0 Å². The van der Waals surface area contributed by atoms with Crippen LogP contribution in [0.1, 0.15) is 32.1 Å². The molecule has 1 aliphatic rings. The Hall–Kier alpha value is -1.76. The van der Waals surface area contributed by atoms with Gasteiger partial charge in [-0.25, -0.2) is 8.42 Å². The fourth-order valence-corrected chi connectivity index (χ4v) is 5.31. The molecule has 1 saturated carbocycles. The number of benzene rings is 2. The van der Waals surface area contributed by atoms with Crippen molar-refractivity contribution < 1.29 is 13.2 Å². The van der Waals surface area contributed by atoms with Gasteiger partial charge in [-0.3, -0.25) is 9.10 Å². The third-order valence-electron chi connectivity index (χ3n) is 4.72. The molecule has 2 aromatic rings. The van der Waals surface area contributed by atoms with E-state index in [2.05, 4.69) is 5.32 Å². The number of hydrogen-bond acceptors (Lipinski definition) is 3. The Kier molecular flexibility index (Phi) is 6.86. The summed E-state index contributed by atoms with van der Waals surface area (Å²) in [6.07, 6.45) is 5.14. The molecule has 3 rings (SSSR count). The van der Waals surface area contributed by atoms with Crippen LogP contribution >= 0.6 is 23.2 Å². The molecule has 0 bridgehead atoms. The van der Waals surface area contributed by atoms with Crippen molar-refractivity contribution in [1.29, 1.82) is 0 Å². The van der Waals surface area contributed by atoms with Crippen molar-refractivity contribution >= 4 is 44.8 Å². The maximum absolute atomic E-state index is 13.2. The van der Waals surface area contributed by atoms with Gasteiger partial charge < -0.3 is 5.32 Å². The Bertz CT molecular complexity index is 909. The number of sulfonamides is 1. The summed E-state index contributed by atoms with van der Waals surface area (Å²) < 4.78 is 27.5. The van der Waals surface area contributed by atoms with E-state index >= 15 is 0 Å². The van der Waals surface area contributed by atoms with E-state index in [0.29, 0.717) is 10.0 Å². The van der Waals surface area contributed by atoms with Crippen molar-refractivity contribution in [2.45, 2.75) is 43.0 Å². The number of carbonyl (C=O) groups excluding carboxylic acids is 1. The van der Waals surface area contributed by atoms with E-state index in [1.165, 1.54) is 36.8 Å². The summed E-state index contributed by atoms with van der Waals surface area (Å²) in [7, 11) is -3.97. The molecule has 1 N–H and O–H groups in total. The molecule has 0 aromatic heterocycles. The number of halogens is 2. The van der Waals surface area contributed by atoms with Crippen LogP contribution in [0.2, 0.25) is 10.0 Å². The fourth-order valence-electron chi connectivity index (χ4n) is 3.37. The molecule has 0 atom stereocenters. The second-order valence-corrected chi connectivity index (χ2v) is 9.59. The van der Waals surface area contributed by atoms with Crippen molar-refractivity contribution in [3.05, 3.63) is 58.6 Å². The lowest BCUT2D eigenvalue weighted by molar-refractivity contribution is -0.120. The van der Waals surface area contributed by atoms with Crippen molar-refractivity contribution in [2.75, 3.05) is 10.8 Å². The van der Waals surface area contributed by atoms with Crippen molar-refractivity contribution in [2.24, 2.45) is 0 Å². The molecule has 1 fully saturated rings. The van der Waals surface area contributed by atoms with E-state index in [9.17, 15) is 13.2 Å². The SMILES string of the molecule is O=C(CN(c1cc(Cl)cc(Cl)c1)S(=O)(=O)c1ccccc1)NC1CCCCC1. The molecular weight excluding hydrogens is 419 g/mol. The standard InChI is InChI=1S/C20H22Cl2N2O3S/c21-15-11-16(22)13-18(12-15)24(28(26,27)19-9-5-2-6-10-19)14-20(25)23-17-7-3-1-4-8-17/h2,5-6,9-13,17H,1,3-4,7-8,14H2,(H,23,25). The molecule has 1 aliphatic carbocycles. The minimum absolute atomic E-state index is 0.0884. The highest BCUT2D eigenvalue weighted by Crippen LogP contribution is 2.29. The molecule has 5 nitrogen and oxygen atoms in total. The van der Waals surface area contributed by atoms with Crippen molar-refractivity contribution in [3.63, 3.8) is 0 Å². The maximum atomic E-state index is 13.2. The van der Waals surface area contributed by atoms with Crippen LogP contribution in [0.25, 0.3) is 0 Å². The Morgan fingerprint density at radius 1 is 1.00 bits per heavy atom. The monoisotopic (exact) mass is 440 g/mol. The largest absolute Gasteiger partial charge is 0.352 e. The van der Waals surface area contributed by atoms with E-state index in [1.54, 1.807) is 18.2 Å². The first-order valence-corrected chi connectivity index (χ1v) is 11.4. The third-order valence-corrected chi connectivity index (χ3v) is 6.95. The van der Waals surface area contributed by atoms with Gasteiger partial charge in [0.05, 0.1) is 10.6 Å². The van der Waals surface area contributed by atoms with E-state index in [0.717, 1.165) is 30.0 Å². The van der Waals surface area contributed by atoms with Gasteiger partial charge in [0.2, 0.25) is 5.91 Å². The Labute approximate surface area is 175 Å². The van der Waals surface area contributed by atoms with Gasteiger partial charge in [0.15, 0.2) is 0 Å². The number of anilines is 1. The van der Waals surface area contributed by atoms with Crippen molar-refractivity contribution in [1.82, 2.24) is 5.32 Å². The van der Waals surface area contributed by atoms with E-state index in [-0.39, 0.29) is 29.1 Å². The Balaban J connectivity index is 1.91. The lowest BCUT2D eigenvalue weighted by Crippen LogP contribution is -2.44. The average Bonchev–Trinajstić information content (AvgIpc) is 2.66. The molecule has 0 radical (unpaired) electrons. The van der Waals surface area contributed by atoms with Crippen LogP contribution in [-0.4, -0.2) is 26.9 Å². The van der Waals surface area contributed by atoms with Gasteiger partial charge in [-0.1, -0.05) is 60.7 Å². The molecular formula is C20H22Cl2N2O3S. The summed E-state index contributed by atoms with van der Waals surface area (Å²) in [4.78, 5) is 12.8. The molecule has 150 valence electrons. The van der Waals surface area contributed by atoms with E-state index in [1.807, 2.05) is 0 Å². The molecule has 0 unspecified atom stereocenters. The minimum atomic E-state index is -3.97. The highest BCUT2D eigenvalue weighted by atomic mass is 35.5. The number of rotatable bonds is 6. The number of amides is 1. The topological polar surface area (TPSA) is 66.5 Å². The molecule has 28 heavy (non-hydrogen) atoms. The van der Waals surface area contributed by atoms with Gasteiger partial charge in [0.25, 0.3) is 10.0 Å². The third kappa shape index (κ3) is 5.19. The Morgan fingerprint density at radius 3 is 2.21 bits per heavy atom. The molecule has 0 heterocycles. The van der Waals surface area contributed by atoms with Crippen LogP contribution in [-0.2, 0) is 14.8 Å². The zero-order valence-electron chi connectivity index (χ0n) is 15.3. The van der Waals surface area contributed by atoms with Gasteiger partial charge in [0.1, 0.15) is 6.54 Å². The van der Waals surface area contributed by atoms with Crippen LogP contribution < -0.4 is 9.62 Å². The quantitative estimate of drug-likeness (QED) is 0.711. The average molecular weight is 441 g/mol. The zero-order valence-corrected chi connectivity index (χ0v) is 17.6. The predicted molar refractivity (Wildman–Crippen MR) is 112 cm³/mol. The summed E-state index contributed by atoms with van der Waals surface area (Å²) >= 11 is 12.2. The molecule has 1 amide bonds. The summed E-state index contributed by atoms with van der Waals surface area (Å²) in [5.41, 5.74) is 0.250. The predicted octanol–water partition coefficient (Wildman–Crippen LogP) is 4.64. The van der Waals surface area contributed by atoms with Crippen LogP contribution in [0, 0.1) is 0 Å². The summed E-state index contributed by atoms with van der Waals surface area (Å²) in [5, 5.41) is 3.55. The second kappa shape index (κ2) is 9.16. The minimum Gasteiger partial charge on any atom is -0.352 e. The Morgan fingerprint density at radius 2 is 1.61 bits per heavy atom. The van der Waals surface area contributed by atoms with Gasteiger partial charge in [-0.2, -0.15) is 0 Å².